The van der Waals surface area contributed by atoms with Crippen molar-refractivity contribution in [1.82, 2.24) is 14.9 Å². The normalized spacial score (nSPS) is 16.9. The standard InChI is InChI=1S/C28H27N5O3S/c1-35-18-25(34)30-22-17-20(13-14-24(22)36-2)33-27(26(31-28(33)37)21-11-6-7-15-29-21)23-12-8-16-32(23)19-9-4-3-5-10-19/h3-17,26-27H,18H2,1-2H3,(H,30,34)(H,31,37)/t26-,27+/m1/s1. The van der Waals surface area contributed by atoms with Crippen molar-refractivity contribution < 1.29 is 14.3 Å². The number of methoxy groups -OCH3 is 2. The lowest BCUT2D eigenvalue weighted by Crippen LogP contribution is -2.30. The second kappa shape index (κ2) is 10.8. The molecule has 188 valence electrons. The number of carbonyl (C=O) groups is 1. The number of hydrogen-bond donors (Lipinski definition) is 2. The molecule has 0 radical (unpaired) electrons. The Balaban J connectivity index is 1.62. The van der Waals surface area contributed by atoms with Gasteiger partial charge in [-0.25, -0.2) is 0 Å². The van der Waals surface area contributed by atoms with Crippen LogP contribution in [-0.2, 0) is 9.53 Å². The highest BCUT2D eigenvalue weighted by atomic mass is 32.1. The number of ether oxygens (including phenoxy) is 2. The average molecular weight is 514 g/mol. The summed E-state index contributed by atoms with van der Waals surface area (Å²) in [6.07, 6.45) is 3.83. The number of nitrogens with zero attached hydrogens (tertiary/aromatic N) is 3. The number of pyridine rings is 1. The van der Waals surface area contributed by atoms with E-state index in [4.69, 9.17) is 21.7 Å². The molecule has 2 atom stereocenters. The molecular weight excluding hydrogens is 486 g/mol. The third kappa shape index (κ3) is 4.91. The Labute approximate surface area is 220 Å². The molecule has 37 heavy (non-hydrogen) atoms. The van der Waals surface area contributed by atoms with Gasteiger partial charge >= 0.3 is 0 Å². The van der Waals surface area contributed by atoms with Gasteiger partial charge in [-0.05, 0) is 66.8 Å². The second-order valence-corrected chi connectivity index (χ2v) is 8.89. The monoisotopic (exact) mass is 513 g/mol. The molecule has 1 amide bonds. The predicted molar refractivity (Wildman–Crippen MR) is 147 cm³/mol. The Morgan fingerprint density at radius 3 is 2.57 bits per heavy atom. The van der Waals surface area contributed by atoms with Crippen LogP contribution in [0.2, 0.25) is 0 Å². The zero-order valence-electron chi connectivity index (χ0n) is 20.5. The van der Waals surface area contributed by atoms with Crippen molar-refractivity contribution >= 4 is 34.6 Å². The number of nitrogens with one attached hydrogen (secondary N) is 2. The van der Waals surface area contributed by atoms with Crippen LogP contribution in [-0.4, -0.2) is 41.4 Å². The minimum atomic E-state index is -0.277. The number of anilines is 2. The fraction of sp³-hybridized carbons (Fsp3) is 0.179. The Kier molecular flexibility index (Phi) is 7.16. The van der Waals surface area contributed by atoms with E-state index in [1.165, 1.54) is 7.11 Å². The van der Waals surface area contributed by atoms with E-state index in [1.54, 1.807) is 13.3 Å². The quantitative estimate of drug-likeness (QED) is 0.332. The summed E-state index contributed by atoms with van der Waals surface area (Å²) in [5.74, 6) is 0.262. The molecule has 0 unspecified atom stereocenters. The van der Waals surface area contributed by atoms with Gasteiger partial charge in [0, 0.05) is 36.6 Å². The number of aromatic nitrogens is 2. The topological polar surface area (TPSA) is 80.7 Å². The number of para-hydroxylation sites is 1. The van der Waals surface area contributed by atoms with Crippen LogP contribution in [0, 0.1) is 0 Å². The van der Waals surface area contributed by atoms with Gasteiger partial charge in [0.05, 0.1) is 24.5 Å². The summed E-state index contributed by atoms with van der Waals surface area (Å²) in [6, 6.07) is 25.4. The van der Waals surface area contributed by atoms with Crippen LogP contribution in [0.15, 0.2) is 91.3 Å². The highest BCUT2D eigenvalue weighted by Gasteiger charge is 2.42. The van der Waals surface area contributed by atoms with Crippen LogP contribution in [0.25, 0.3) is 5.69 Å². The van der Waals surface area contributed by atoms with Gasteiger partial charge in [0.25, 0.3) is 0 Å². The number of rotatable bonds is 8. The van der Waals surface area contributed by atoms with Crippen LogP contribution in [0.5, 0.6) is 5.75 Å². The Bertz CT molecular complexity index is 1390. The SMILES string of the molecule is COCC(=O)Nc1cc(N2C(=S)N[C@H](c3ccccn3)[C@@H]2c2cccn2-c2ccccc2)ccc1OC. The fourth-order valence-electron chi connectivity index (χ4n) is 4.65. The van der Waals surface area contributed by atoms with Crippen LogP contribution in [0.4, 0.5) is 11.4 Å². The van der Waals surface area contributed by atoms with E-state index in [2.05, 4.69) is 43.3 Å². The molecule has 0 bridgehead atoms. The summed E-state index contributed by atoms with van der Waals surface area (Å²) < 4.78 is 12.6. The van der Waals surface area contributed by atoms with Gasteiger partial charge in [-0.1, -0.05) is 24.3 Å². The molecule has 8 nitrogen and oxygen atoms in total. The van der Waals surface area contributed by atoms with Crippen LogP contribution >= 0.6 is 12.2 Å². The van der Waals surface area contributed by atoms with E-state index in [0.29, 0.717) is 16.5 Å². The van der Waals surface area contributed by atoms with Gasteiger partial charge in [0.1, 0.15) is 18.4 Å². The first-order chi connectivity index (χ1) is 18.1. The van der Waals surface area contributed by atoms with E-state index in [0.717, 1.165) is 22.8 Å². The third-order valence-electron chi connectivity index (χ3n) is 6.23. The Morgan fingerprint density at radius 1 is 1.03 bits per heavy atom. The van der Waals surface area contributed by atoms with Gasteiger partial charge in [-0.2, -0.15) is 0 Å². The number of thiocarbonyl (C=S) groups is 1. The molecule has 1 saturated heterocycles. The van der Waals surface area contributed by atoms with Gasteiger partial charge < -0.3 is 29.6 Å². The average Bonchev–Trinajstić information content (AvgIpc) is 3.54. The van der Waals surface area contributed by atoms with Gasteiger partial charge in [0.15, 0.2) is 5.11 Å². The van der Waals surface area contributed by atoms with Crippen LogP contribution < -0.4 is 20.3 Å². The van der Waals surface area contributed by atoms with Crippen molar-refractivity contribution in [2.75, 3.05) is 31.0 Å². The molecule has 4 aromatic rings. The summed E-state index contributed by atoms with van der Waals surface area (Å²) in [7, 11) is 3.04. The van der Waals surface area contributed by atoms with Gasteiger partial charge in [0.2, 0.25) is 5.91 Å². The molecule has 2 aromatic heterocycles. The predicted octanol–water partition coefficient (Wildman–Crippen LogP) is 4.64. The molecule has 0 spiro atoms. The van der Waals surface area contributed by atoms with E-state index < -0.39 is 0 Å². The maximum Gasteiger partial charge on any atom is 0.250 e. The number of amides is 1. The van der Waals surface area contributed by atoms with E-state index in [1.807, 2.05) is 66.9 Å². The van der Waals surface area contributed by atoms with Crippen LogP contribution in [0.1, 0.15) is 23.5 Å². The lowest BCUT2D eigenvalue weighted by Gasteiger charge is -2.29. The van der Waals surface area contributed by atoms with Crippen molar-refractivity contribution in [2.45, 2.75) is 12.1 Å². The van der Waals surface area contributed by atoms with Crippen LogP contribution in [0.3, 0.4) is 0 Å². The lowest BCUT2D eigenvalue weighted by atomic mass is 10.0. The van der Waals surface area contributed by atoms with Crippen molar-refractivity contribution in [2.24, 2.45) is 0 Å². The highest BCUT2D eigenvalue weighted by Crippen LogP contribution is 2.43. The van der Waals surface area contributed by atoms with Gasteiger partial charge in [-0.15, -0.1) is 0 Å². The van der Waals surface area contributed by atoms with E-state index in [-0.39, 0.29) is 24.6 Å². The van der Waals surface area contributed by atoms with E-state index in [9.17, 15) is 4.79 Å². The van der Waals surface area contributed by atoms with Crippen molar-refractivity contribution in [3.05, 3.63) is 103 Å². The first-order valence-electron chi connectivity index (χ1n) is 11.8. The second-order valence-electron chi connectivity index (χ2n) is 8.50. The maximum absolute atomic E-state index is 12.3. The fourth-order valence-corrected chi connectivity index (χ4v) is 5.00. The molecule has 1 fully saturated rings. The summed E-state index contributed by atoms with van der Waals surface area (Å²) in [5, 5.41) is 6.92. The third-order valence-corrected chi connectivity index (χ3v) is 6.54. The summed E-state index contributed by atoms with van der Waals surface area (Å²) in [5.41, 5.74) is 4.29. The smallest absolute Gasteiger partial charge is 0.250 e. The largest absolute Gasteiger partial charge is 0.495 e. The number of hydrogen-bond acceptors (Lipinski definition) is 5. The molecule has 2 N–H and O–H groups in total. The number of benzene rings is 2. The molecule has 0 aliphatic carbocycles. The molecule has 0 saturated carbocycles. The molecule has 9 heteroatoms. The molecule has 2 aromatic carbocycles. The van der Waals surface area contributed by atoms with Crippen molar-refractivity contribution in [1.29, 1.82) is 0 Å². The van der Waals surface area contributed by atoms with Crippen molar-refractivity contribution in [3.8, 4) is 11.4 Å². The first-order valence-corrected chi connectivity index (χ1v) is 12.2. The Morgan fingerprint density at radius 2 is 1.84 bits per heavy atom. The summed E-state index contributed by atoms with van der Waals surface area (Å²) >= 11 is 5.88. The number of carbonyl (C=O) groups excluding carboxylic acids is 1. The minimum absolute atomic E-state index is 0.0635. The molecule has 5 rings (SSSR count). The minimum Gasteiger partial charge on any atom is -0.495 e. The highest BCUT2D eigenvalue weighted by molar-refractivity contribution is 7.80. The van der Waals surface area contributed by atoms with Gasteiger partial charge in [-0.3, -0.25) is 9.78 Å². The first kappa shape index (κ1) is 24.5. The molecule has 1 aliphatic heterocycles. The van der Waals surface area contributed by atoms with Crippen molar-refractivity contribution in [3.63, 3.8) is 0 Å². The summed E-state index contributed by atoms with van der Waals surface area (Å²) in [4.78, 5) is 19.0. The molecule has 1 aliphatic rings. The molecule has 3 heterocycles. The zero-order valence-corrected chi connectivity index (χ0v) is 21.3. The zero-order chi connectivity index (χ0) is 25.8. The lowest BCUT2D eigenvalue weighted by molar-refractivity contribution is -0.119. The van der Waals surface area contributed by atoms with E-state index >= 15 is 0 Å². The molecular formula is C28H27N5O3S. The Hall–Kier alpha value is -4.21. The summed E-state index contributed by atoms with van der Waals surface area (Å²) in [6.45, 7) is -0.0635. The maximum atomic E-state index is 12.3.